The average molecular weight is 331 g/mol. The fraction of sp³-hybridized carbons (Fsp3) is 0.0833. The van der Waals surface area contributed by atoms with Gasteiger partial charge in [-0.2, -0.15) is 0 Å². The molecular weight excluding hydrogens is 322 g/mol. The van der Waals surface area contributed by atoms with E-state index < -0.39 is 0 Å². The summed E-state index contributed by atoms with van der Waals surface area (Å²) in [4.78, 5) is 12.9. The van der Waals surface area contributed by atoms with Crippen LogP contribution >= 0.6 is 38.9 Å². The molecule has 0 saturated carbocycles. The molecule has 5 heteroatoms. The van der Waals surface area contributed by atoms with Crippen molar-refractivity contribution in [2.24, 2.45) is 0 Å². The highest BCUT2D eigenvalue weighted by molar-refractivity contribution is 9.11. The molecule has 0 aliphatic heterocycles. The van der Waals surface area contributed by atoms with Crippen LogP contribution in [0.4, 0.5) is 5.69 Å². The Kier molecular flexibility index (Phi) is 3.56. The van der Waals surface area contributed by atoms with Crippen LogP contribution in [0.1, 0.15) is 20.8 Å². The molecule has 0 spiro atoms. The van der Waals surface area contributed by atoms with Gasteiger partial charge in [-0.15, -0.1) is 11.3 Å². The molecule has 88 valence electrons. The van der Waals surface area contributed by atoms with E-state index in [1.807, 2.05) is 13.0 Å². The number of ketones is 1. The molecule has 2 aromatic rings. The van der Waals surface area contributed by atoms with Crippen molar-refractivity contribution in [3.8, 4) is 0 Å². The highest BCUT2D eigenvalue weighted by Crippen LogP contribution is 2.30. The largest absolute Gasteiger partial charge is 0.398 e. The van der Waals surface area contributed by atoms with Gasteiger partial charge in [-0.3, -0.25) is 4.79 Å². The van der Waals surface area contributed by atoms with E-state index in [9.17, 15) is 4.79 Å². The second-order valence-electron chi connectivity index (χ2n) is 3.63. The Morgan fingerprint density at radius 3 is 2.65 bits per heavy atom. The van der Waals surface area contributed by atoms with Crippen LogP contribution < -0.4 is 5.73 Å². The molecule has 2 nitrogen and oxygen atoms in total. The minimum Gasteiger partial charge on any atom is -0.398 e. The van der Waals surface area contributed by atoms with Crippen molar-refractivity contribution in [2.75, 3.05) is 5.73 Å². The first-order valence-electron chi connectivity index (χ1n) is 4.84. The van der Waals surface area contributed by atoms with Gasteiger partial charge in [0.1, 0.15) is 0 Å². The lowest BCUT2D eigenvalue weighted by Gasteiger charge is -2.03. The van der Waals surface area contributed by atoms with E-state index in [0.717, 1.165) is 9.35 Å². The van der Waals surface area contributed by atoms with Crippen LogP contribution in [0.15, 0.2) is 28.1 Å². The van der Waals surface area contributed by atoms with E-state index in [1.165, 1.54) is 11.3 Å². The molecule has 17 heavy (non-hydrogen) atoms. The monoisotopic (exact) mass is 329 g/mol. The predicted molar refractivity (Wildman–Crippen MR) is 76.1 cm³/mol. The molecule has 0 bridgehead atoms. The lowest BCUT2D eigenvalue weighted by molar-refractivity contribution is 0.104. The molecule has 1 aromatic carbocycles. The number of aryl methyl sites for hydroxylation is 1. The summed E-state index contributed by atoms with van der Waals surface area (Å²) in [5, 5.41) is 0.530. The van der Waals surface area contributed by atoms with Gasteiger partial charge < -0.3 is 5.73 Å². The second kappa shape index (κ2) is 4.80. The quantitative estimate of drug-likeness (QED) is 0.659. The molecule has 0 atom stereocenters. The third-order valence-corrected chi connectivity index (χ3v) is 4.71. The number of carbonyl (C=O) groups excluding carboxylic acids is 1. The van der Waals surface area contributed by atoms with E-state index in [0.29, 0.717) is 21.2 Å². The van der Waals surface area contributed by atoms with Gasteiger partial charge in [0.2, 0.25) is 5.78 Å². The summed E-state index contributed by atoms with van der Waals surface area (Å²) in [5.41, 5.74) is 7.74. The van der Waals surface area contributed by atoms with Gasteiger partial charge >= 0.3 is 0 Å². The van der Waals surface area contributed by atoms with Crippen LogP contribution in [-0.4, -0.2) is 5.78 Å². The zero-order valence-corrected chi connectivity index (χ0v) is 12.1. The number of hydrogen-bond acceptors (Lipinski definition) is 3. The molecule has 0 amide bonds. The molecule has 0 fully saturated rings. The predicted octanol–water partition coefficient (Wildman–Crippen LogP) is 4.29. The summed E-state index contributed by atoms with van der Waals surface area (Å²) < 4.78 is 0.966. The average Bonchev–Trinajstić information content (AvgIpc) is 2.58. The molecule has 1 aromatic heterocycles. The normalized spacial score (nSPS) is 10.5. The molecule has 0 unspecified atom stereocenters. The van der Waals surface area contributed by atoms with Crippen molar-refractivity contribution in [3.63, 3.8) is 0 Å². The van der Waals surface area contributed by atoms with E-state index in [4.69, 9.17) is 17.3 Å². The van der Waals surface area contributed by atoms with Crippen LogP contribution in [-0.2, 0) is 0 Å². The minimum atomic E-state index is -0.0713. The van der Waals surface area contributed by atoms with Crippen molar-refractivity contribution in [1.82, 2.24) is 0 Å². The fourth-order valence-corrected chi connectivity index (χ4v) is 3.11. The van der Waals surface area contributed by atoms with Gasteiger partial charge in [0.05, 0.1) is 8.66 Å². The number of nitrogens with two attached hydrogens (primary N) is 1. The Bertz CT molecular complexity index is 575. The Hall–Kier alpha value is -0.840. The molecule has 0 saturated heterocycles. The summed E-state index contributed by atoms with van der Waals surface area (Å²) in [5.74, 6) is -0.0713. The maximum absolute atomic E-state index is 12.2. The van der Waals surface area contributed by atoms with Crippen LogP contribution in [0.2, 0.25) is 5.02 Å². The van der Waals surface area contributed by atoms with Crippen molar-refractivity contribution in [1.29, 1.82) is 0 Å². The van der Waals surface area contributed by atoms with Gasteiger partial charge in [0, 0.05) is 16.3 Å². The van der Waals surface area contributed by atoms with Gasteiger partial charge in [0.15, 0.2) is 0 Å². The van der Waals surface area contributed by atoms with E-state index in [2.05, 4.69) is 15.9 Å². The maximum atomic E-state index is 12.2. The van der Waals surface area contributed by atoms with E-state index in [1.54, 1.807) is 18.2 Å². The summed E-state index contributed by atoms with van der Waals surface area (Å²) in [7, 11) is 0. The second-order valence-corrected chi connectivity index (χ2v) is 6.43. The fourth-order valence-electron chi connectivity index (χ4n) is 1.44. The third kappa shape index (κ3) is 2.54. The summed E-state index contributed by atoms with van der Waals surface area (Å²) >= 11 is 10.6. The highest BCUT2D eigenvalue weighted by Gasteiger charge is 2.16. The smallest absolute Gasteiger partial charge is 0.205 e. The first kappa shape index (κ1) is 12.6. The van der Waals surface area contributed by atoms with Gasteiger partial charge in [-0.1, -0.05) is 11.6 Å². The van der Waals surface area contributed by atoms with Crippen LogP contribution in [0.25, 0.3) is 0 Å². The van der Waals surface area contributed by atoms with Crippen molar-refractivity contribution in [2.45, 2.75) is 6.92 Å². The van der Waals surface area contributed by atoms with Gasteiger partial charge in [-0.25, -0.2) is 0 Å². The first-order valence-corrected chi connectivity index (χ1v) is 6.83. The minimum absolute atomic E-state index is 0.0713. The van der Waals surface area contributed by atoms with Crippen LogP contribution in [0.3, 0.4) is 0 Å². The zero-order chi connectivity index (χ0) is 12.6. The van der Waals surface area contributed by atoms with Crippen molar-refractivity contribution < 1.29 is 4.79 Å². The zero-order valence-electron chi connectivity index (χ0n) is 8.96. The van der Waals surface area contributed by atoms with Crippen LogP contribution in [0.5, 0.6) is 0 Å². The molecule has 2 rings (SSSR count). The number of carbonyl (C=O) groups is 1. The summed E-state index contributed by atoms with van der Waals surface area (Å²) in [6.07, 6.45) is 0. The van der Waals surface area contributed by atoms with Gasteiger partial charge in [0.25, 0.3) is 0 Å². The number of hydrogen-bond donors (Lipinski definition) is 1. The summed E-state index contributed by atoms with van der Waals surface area (Å²) in [6.45, 7) is 1.95. The Labute approximate surface area is 117 Å². The Morgan fingerprint density at radius 2 is 2.12 bits per heavy atom. The molecule has 0 radical (unpaired) electrons. The number of thiophene rings is 1. The SMILES string of the molecule is Cc1cc(C(=O)c2ccc(Cl)cc2N)sc1Br. The number of benzene rings is 1. The van der Waals surface area contributed by atoms with Crippen LogP contribution in [0, 0.1) is 6.92 Å². The molecule has 0 aliphatic carbocycles. The Morgan fingerprint density at radius 1 is 1.41 bits per heavy atom. The first-order chi connectivity index (χ1) is 7.99. The van der Waals surface area contributed by atoms with E-state index in [-0.39, 0.29) is 5.78 Å². The molecule has 2 N–H and O–H groups in total. The highest BCUT2D eigenvalue weighted by atomic mass is 79.9. The number of nitrogen functional groups attached to an aromatic ring is 1. The molecular formula is C12H9BrClNOS. The number of rotatable bonds is 2. The third-order valence-electron chi connectivity index (χ3n) is 2.34. The summed E-state index contributed by atoms with van der Waals surface area (Å²) in [6, 6.07) is 6.76. The van der Waals surface area contributed by atoms with Gasteiger partial charge in [-0.05, 0) is 52.7 Å². The number of halogens is 2. The molecule has 1 heterocycles. The van der Waals surface area contributed by atoms with Crippen molar-refractivity contribution in [3.05, 3.63) is 49.1 Å². The standard InChI is InChI=1S/C12H9BrClNOS/c1-6-4-10(17-12(6)13)11(16)8-3-2-7(14)5-9(8)15/h2-5H,15H2,1H3. The lowest BCUT2D eigenvalue weighted by Crippen LogP contribution is -2.03. The topological polar surface area (TPSA) is 43.1 Å². The van der Waals surface area contributed by atoms with Crippen molar-refractivity contribution >= 4 is 50.3 Å². The maximum Gasteiger partial charge on any atom is 0.205 e. The molecule has 0 aliphatic rings. The Balaban J connectivity index is 2.43. The lowest BCUT2D eigenvalue weighted by atomic mass is 10.1. The number of anilines is 1. The van der Waals surface area contributed by atoms with E-state index >= 15 is 0 Å².